The first-order valence-corrected chi connectivity index (χ1v) is 11.8. The van der Waals surface area contributed by atoms with Gasteiger partial charge in [0.15, 0.2) is 0 Å². The summed E-state index contributed by atoms with van der Waals surface area (Å²) in [7, 11) is 0. The van der Waals surface area contributed by atoms with Gasteiger partial charge in [-0.05, 0) is 63.1 Å². The summed E-state index contributed by atoms with van der Waals surface area (Å²) in [5, 5.41) is 10.9. The molecule has 1 saturated heterocycles. The Kier molecular flexibility index (Phi) is 5.99. The lowest BCUT2D eigenvalue weighted by molar-refractivity contribution is 0.102. The van der Waals surface area contributed by atoms with Crippen molar-refractivity contribution in [1.29, 1.82) is 0 Å². The fourth-order valence-electron chi connectivity index (χ4n) is 4.44. The zero-order valence-corrected chi connectivity index (χ0v) is 20.7. The molecule has 36 heavy (non-hydrogen) atoms. The largest absolute Gasteiger partial charge is 0.378 e. The Balaban J connectivity index is 1.52. The van der Waals surface area contributed by atoms with E-state index in [1.54, 1.807) is 44.5 Å². The number of carbonyl (C=O) groups excluding carboxylic acids is 1. The van der Waals surface area contributed by atoms with Crippen molar-refractivity contribution in [2.24, 2.45) is 0 Å². The number of rotatable bonds is 4. The van der Waals surface area contributed by atoms with Crippen LogP contribution in [-0.2, 0) is 10.3 Å². The number of carbonyl (C=O) groups is 1. The van der Waals surface area contributed by atoms with E-state index in [9.17, 15) is 13.6 Å². The van der Waals surface area contributed by atoms with Crippen molar-refractivity contribution < 1.29 is 18.3 Å². The van der Waals surface area contributed by atoms with E-state index >= 15 is 0 Å². The molecule has 3 aromatic heterocycles. The molecule has 0 unspecified atom stereocenters. The van der Waals surface area contributed by atoms with Gasteiger partial charge in [-0.1, -0.05) is 0 Å². The number of nitrogens with one attached hydrogen (secondary N) is 1. The van der Waals surface area contributed by atoms with E-state index in [4.69, 9.17) is 4.74 Å². The molecule has 0 aliphatic carbocycles. The number of amides is 1. The van der Waals surface area contributed by atoms with Crippen LogP contribution in [0, 0.1) is 18.7 Å². The number of aryl methyl sites for hydroxylation is 1. The average Bonchev–Trinajstić information content (AvgIpc) is 3.47. The van der Waals surface area contributed by atoms with Crippen LogP contribution >= 0.6 is 0 Å². The van der Waals surface area contributed by atoms with Gasteiger partial charge >= 0.3 is 0 Å². The minimum Gasteiger partial charge on any atom is -0.378 e. The normalized spacial score (nSPS) is 14.4. The quantitative estimate of drug-likeness (QED) is 0.448. The summed E-state index contributed by atoms with van der Waals surface area (Å²) in [6, 6.07) is 6.93. The van der Waals surface area contributed by atoms with Gasteiger partial charge in [0, 0.05) is 24.8 Å². The maximum atomic E-state index is 14.9. The molecule has 0 atom stereocenters. The van der Waals surface area contributed by atoms with Gasteiger partial charge in [-0.25, -0.2) is 13.6 Å². The third-order valence-electron chi connectivity index (χ3n) is 6.30. The van der Waals surface area contributed by atoms with E-state index in [1.165, 1.54) is 6.07 Å². The monoisotopic (exact) mass is 494 g/mol. The first-order chi connectivity index (χ1) is 17.1. The highest BCUT2D eigenvalue weighted by Gasteiger charge is 2.25. The van der Waals surface area contributed by atoms with E-state index in [-0.39, 0.29) is 11.3 Å². The summed E-state index contributed by atoms with van der Waals surface area (Å²) in [5.41, 5.74) is 3.25. The number of fused-ring (bicyclic) bond motifs is 1. The second-order valence-corrected chi connectivity index (χ2v) is 9.91. The van der Waals surface area contributed by atoms with Crippen molar-refractivity contribution in [3.8, 4) is 11.1 Å². The number of ether oxygens (including phenoxy) is 1. The second-order valence-electron chi connectivity index (χ2n) is 9.91. The molecular weight excluding hydrogens is 466 g/mol. The molecule has 0 saturated carbocycles. The van der Waals surface area contributed by atoms with Crippen molar-refractivity contribution in [2.75, 3.05) is 36.5 Å². The smallest absolute Gasteiger partial charge is 0.262 e. The minimum absolute atomic E-state index is 0.0445. The number of benzene rings is 1. The molecule has 0 bridgehead atoms. The lowest BCUT2D eigenvalue weighted by atomic mass is 10.00. The number of morpholine rings is 1. The van der Waals surface area contributed by atoms with E-state index in [0.29, 0.717) is 18.8 Å². The van der Waals surface area contributed by atoms with Crippen LogP contribution in [0.5, 0.6) is 0 Å². The Bertz CT molecular complexity index is 1450. The fourth-order valence-corrected chi connectivity index (χ4v) is 4.44. The lowest BCUT2D eigenvalue weighted by Gasteiger charge is -2.29. The van der Waals surface area contributed by atoms with Crippen LogP contribution in [0.2, 0.25) is 0 Å². The summed E-state index contributed by atoms with van der Waals surface area (Å²) >= 11 is 0. The third-order valence-corrected chi connectivity index (χ3v) is 6.30. The van der Waals surface area contributed by atoms with E-state index in [1.807, 2.05) is 18.3 Å². The van der Waals surface area contributed by atoms with Crippen molar-refractivity contribution in [1.82, 2.24) is 19.4 Å². The first kappa shape index (κ1) is 23.9. The Morgan fingerprint density at radius 2 is 1.86 bits per heavy atom. The molecule has 1 amide bonds. The first-order valence-electron chi connectivity index (χ1n) is 11.8. The number of aromatic nitrogens is 4. The third kappa shape index (κ3) is 4.32. The minimum atomic E-state index is -0.771. The molecule has 4 aromatic rings. The van der Waals surface area contributed by atoms with Crippen molar-refractivity contribution >= 4 is 22.8 Å². The summed E-state index contributed by atoms with van der Waals surface area (Å²) in [4.78, 5) is 15.1. The summed E-state index contributed by atoms with van der Waals surface area (Å²) < 4.78 is 38.2. The Labute approximate surface area is 207 Å². The van der Waals surface area contributed by atoms with Crippen LogP contribution in [-0.4, -0.2) is 51.6 Å². The highest BCUT2D eigenvalue weighted by Crippen LogP contribution is 2.34. The van der Waals surface area contributed by atoms with Crippen LogP contribution < -0.4 is 10.2 Å². The molecule has 188 valence electrons. The standard InChI is InChI=1S/C26H28F2N6O2/c1-16-11-20(27)21(31-25(35)19-14-30-34(24(19)28)26(2,3)4)13-18(16)17-12-23(32-7-9-36-10-8-32)22-5-6-29-33(22)15-17/h5-6,11-15H,7-10H2,1-4H3,(H,31,35). The topological polar surface area (TPSA) is 76.7 Å². The Morgan fingerprint density at radius 1 is 1.11 bits per heavy atom. The molecule has 0 spiro atoms. The van der Waals surface area contributed by atoms with Gasteiger partial charge in [-0.15, -0.1) is 0 Å². The molecule has 8 nitrogen and oxygen atoms in total. The number of nitrogens with zero attached hydrogens (tertiary/aromatic N) is 5. The molecule has 1 N–H and O–H groups in total. The second kappa shape index (κ2) is 9.02. The Hall–Kier alpha value is -3.79. The van der Waals surface area contributed by atoms with Crippen molar-refractivity contribution in [3.05, 3.63) is 65.7 Å². The van der Waals surface area contributed by atoms with Crippen LogP contribution in [0.25, 0.3) is 16.6 Å². The average molecular weight is 495 g/mol. The molecular formula is C26H28F2N6O2. The van der Waals surface area contributed by atoms with Crippen LogP contribution in [0.1, 0.15) is 36.7 Å². The van der Waals surface area contributed by atoms with Gasteiger partial charge in [-0.3, -0.25) is 4.79 Å². The number of hydrogen-bond donors (Lipinski definition) is 1. The Morgan fingerprint density at radius 3 is 2.56 bits per heavy atom. The zero-order chi connectivity index (χ0) is 25.6. The highest BCUT2D eigenvalue weighted by atomic mass is 19.1. The molecule has 0 radical (unpaired) electrons. The van der Waals surface area contributed by atoms with Crippen LogP contribution in [0.3, 0.4) is 0 Å². The molecule has 4 heterocycles. The molecule has 5 rings (SSSR count). The lowest BCUT2D eigenvalue weighted by Crippen LogP contribution is -2.36. The van der Waals surface area contributed by atoms with E-state index in [0.717, 1.165) is 46.3 Å². The summed E-state index contributed by atoms with van der Waals surface area (Å²) in [6.07, 6.45) is 4.76. The predicted octanol–water partition coefficient (Wildman–Crippen LogP) is 4.63. The van der Waals surface area contributed by atoms with Gasteiger partial charge in [0.1, 0.15) is 11.4 Å². The van der Waals surface area contributed by atoms with Gasteiger partial charge in [-0.2, -0.15) is 14.6 Å². The molecule has 10 heteroatoms. The van der Waals surface area contributed by atoms with Crippen molar-refractivity contribution in [2.45, 2.75) is 33.2 Å². The number of anilines is 2. The van der Waals surface area contributed by atoms with Gasteiger partial charge < -0.3 is 15.0 Å². The van der Waals surface area contributed by atoms with Crippen LogP contribution in [0.4, 0.5) is 20.2 Å². The SMILES string of the molecule is Cc1cc(F)c(NC(=O)c2cnn(C(C)(C)C)c2F)cc1-c1cc(N2CCOCC2)c2ccnn2c1. The maximum Gasteiger partial charge on any atom is 0.262 e. The highest BCUT2D eigenvalue weighted by molar-refractivity contribution is 6.04. The molecule has 1 fully saturated rings. The molecule has 1 aromatic carbocycles. The fraction of sp³-hybridized carbons (Fsp3) is 0.346. The summed E-state index contributed by atoms with van der Waals surface area (Å²) in [5.74, 6) is -2.15. The number of pyridine rings is 1. The molecule has 1 aliphatic heterocycles. The zero-order valence-electron chi connectivity index (χ0n) is 20.7. The predicted molar refractivity (Wildman–Crippen MR) is 133 cm³/mol. The van der Waals surface area contributed by atoms with Crippen LogP contribution in [0.15, 0.2) is 42.9 Å². The summed E-state index contributed by atoms with van der Waals surface area (Å²) in [6.45, 7) is 9.91. The van der Waals surface area contributed by atoms with Crippen molar-refractivity contribution in [3.63, 3.8) is 0 Å². The maximum absolute atomic E-state index is 14.9. The van der Waals surface area contributed by atoms with E-state index in [2.05, 4.69) is 20.4 Å². The number of halogens is 2. The van der Waals surface area contributed by atoms with Gasteiger partial charge in [0.2, 0.25) is 5.95 Å². The van der Waals surface area contributed by atoms with E-state index < -0.39 is 23.2 Å². The van der Waals surface area contributed by atoms with Gasteiger partial charge in [0.25, 0.3) is 5.91 Å². The number of hydrogen-bond acceptors (Lipinski definition) is 5. The molecule has 1 aliphatic rings. The van der Waals surface area contributed by atoms with Gasteiger partial charge in [0.05, 0.1) is 48.0 Å².